The number of hydrogen-bond donors (Lipinski definition) is 4. The Morgan fingerprint density at radius 2 is 1.88 bits per heavy atom. The first-order chi connectivity index (χ1) is 15.2. The molecule has 0 aliphatic rings. The number of aromatic nitrogens is 3. The zero-order valence-electron chi connectivity index (χ0n) is 18.0. The van der Waals surface area contributed by atoms with Crippen molar-refractivity contribution in [1.29, 1.82) is 0 Å². The van der Waals surface area contributed by atoms with Crippen molar-refractivity contribution >= 4 is 64.4 Å². The number of pyridine rings is 1. The molecule has 0 fully saturated rings. The van der Waals surface area contributed by atoms with Crippen molar-refractivity contribution in [3.63, 3.8) is 0 Å². The fraction of sp³-hybridized carbons (Fsp3) is 0.174. The van der Waals surface area contributed by atoms with E-state index >= 15 is 0 Å². The quantitative estimate of drug-likeness (QED) is 0.129. The van der Waals surface area contributed by atoms with E-state index < -0.39 is 5.91 Å². The Kier molecular flexibility index (Phi) is 9.62. The predicted octanol–water partition coefficient (Wildman–Crippen LogP) is 3.96. The summed E-state index contributed by atoms with van der Waals surface area (Å²) >= 11 is 0. The first-order valence-corrected chi connectivity index (χ1v) is 10.1. The molecule has 2 aromatic carbocycles. The van der Waals surface area contributed by atoms with Gasteiger partial charge in [-0.15, -0.1) is 24.8 Å². The highest BCUT2D eigenvalue weighted by Crippen LogP contribution is 2.30. The zero-order chi connectivity index (χ0) is 21.6. The highest BCUT2D eigenvalue weighted by Gasteiger charge is 2.14. The van der Waals surface area contributed by atoms with E-state index in [9.17, 15) is 4.79 Å². The monoisotopic (exact) mass is 488 g/mol. The molecule has 0 spiro atoms. The molecule has 0 unspecified atom stereocenters. The van der Waals surface area contributed by atoms with Gasteiger partial charge in [-0.25, -0.2) is 15.1 Å². The third-order valence-corrected chi connectivity index (χ3v) is 4.88. The number of nitrogens with one attached hydrogen (secondary N) is 3. The largest absolute Gasteiger partial charge is 0.367 e. The number of hydroxylamine groups is 1. The van der Waals surface area contributed by atoms with Crippen LogP contribution in [0.4, 0.5) is 5.82 Å². The van der Waals surface area contributed by atoms with Crippen LogP contribution < -0.4 is 16.1 Å². The Hall–Kier alpha value is -3.17. The number of rotatable bonds is 8. The third kappa shape index (κ3) is 6.00. The molecule has 2 aromatic heterocycles. The lowest BCUT2D eigenvalue weighted by molar-refractivity contribution is -0.124. The highest BCUT2D eigenvalue weighted by atomic mass is 35.5. The second-order valence-corrected chi connectivity index (χ2v) is 7.00. The van der Waals surface area contributed by atoms with Gasteiger partial charge in [0, 0.05) is 36.1 Å². The van der Waals surface area contributed by atoms with Gasteiger partial charge in [-0.1, -0.05) is 31.2 Å². The van der Waals surface area contributed by atoms with Crippen LogP contribution >= 0.6 is 24.8 Å². The highest BCUT2D eigenvalue weighted by molar-refractivity contribution is 6.09. The van der Waals surface area contributed by atoms with E-state index in [1.807, 2.05) is 59.4 Å². The van der Waals surface area contributed by atoms with Crippen LogP contribution in [-0.4, -0.2) is 45.5 Å². The van der Waals surface area contributed by atoms with Crippen molar-refractivity contribution in [2.45, 2.75) is 6.92 Å². The molecule has 4 N–H and O–H groups in total. The number of anilines is 1. The summed E-state index contributed by atoms with van der Waals surface area (Å²) in [6.07, 6.45) is 4.91. The summed E-state index contributed by atoms with van der Waals surface area (Å²) in [6.45, 7) is 4.55. The van der Waals surface area contributed by atoms with Crippen molar-refractivity contribution < 1.29 is 10.0 Å². The molecule has 4 aromatic rings. The van der Waals surface area contributed by atoms with E-state index in [4.69, 9.17) is 15.3 Å². The average Bonchev–Trinajstić information content (AvgIpc) is 3.27. The lowest BCUT2D eigenvalue weighted by atomic mass is 10.1. The summed E-state index contributed by atoms with van der Waals surface area (Å²) < 4.78 is 1.85. The van der Waals surface area contributed by atoms with Gasteiger partial charge in [0.25, 0.3) is 5.91 Å². The van der Waals surface area contributed by atoms with E-state index in [1.165, 1.54) is 6.08 Å². The van der Waals surface area contributed by atoms with E-state index in [2.05, 4.69) is 17.6 Å². The Labute approximate surface area is 203 Å². The van der Waals surface area contributed by atoms with Crippen molar-refractivity contribution in [1.82, 2.24) is 25.6 Å². The third-order valence-electron chi connectivity index (χ3n) is 4.88. The maximum atomic E-state index is 11.3. The molecule has 8 nitrogen and oxygen atoms in total. The summed E-state index contributed by atoms with van der Waals surface area (Å²) in [5.74, 6) is 0.151. The normalized spacial score (nSPS) is 10.7. The van der Waals surface area contributed by atoms with Crippen LogP contribution in [0.15, 0.2) is 60.8 Å². The second kappa shape index (κ2) is 12.2. The first-order valence-electron chi connectivity index (χ1n) is 10.1. The van der Waals surface area contributed by atoms with Crippen molar-refractivity contribution in [3.8, 4) is 5.69 Å². The fourth-order valence-electron chi connectivity index (χ4n) is 3.38. The van der Waals surface area contributed by atoms with Crippen molar-refractivity contribution in [2.24, 2.45) is 0 Å². The smallest absolute Gasteiger partial charge is 0.267 e. The molecule has 0 aliphatic carbocycles. The molecule has 1 amide bonds. The minimum atomic E-state index is -0.583. The molecule has 0 radical (unpaired) electrons. The number of halogens is 2. The van der Waals surface area contributed by atoms with Gasteiger partial charge in [0.2, 0.25) is 0 Å². The predicted molar refractivity (Wildman–Crippen MR) is 137 cm³/mol. The van der Waals surface area contributed by atoms with Gasteiger partial charge in [-0.3, -0.25) is 10.0 Å². The Morgan fingerprint density at radius 3 is 2.61 bits per heavy atom. The molecule has 0 atom stereocenters. The summed E-state index contributed by atoms with van der Waals surface area (Å²) in [5.41, 5.74) is 4.98. The van der Waals surface area contributed by atoms with Crippen molar-refractivity contribution in [3.05, 3.63) is 66.4 Å². The van der Waals surface area contributed by atoms with Gasteiger partial charge in [0.1, 0.15) is 5.52 Å². The van der Waals surface area contributed by atoms with Crippen LogP contribution in [0.5, 0.6) is 0 Å². The van der Waals surface area contributed by atoms with Crippen molar-refractivity contribution in [2.75, 3.05) is 25.0 Å². The molecule has 10 heteroatoms. The molecular formula is C23H26Cl2N6O2. The fourth-order valence-corrected chi connectivity index (χ4v) is 3.38. The Morgan fingerprint density at radius 1 is 1.09 bits per heavy atom. The summed E-state index contributed by atoms with van der Waals surface area (Å²) in [5, 5.41) is 22.1. The van der Waals surface area contributed by atoms with Crippen LogP contribution in [0.1, 0.15) is 12.5 Å². The lowest BCUT2D eigenvalue weighted by Crippen LogP contribution is -2.22. The van der Waals surface area contributed by atoms with Gasteiger partial charge < -0.3 is 10.6 Å². The maximum Gasteiger partial charge on any atom is 0.267 e. The summed E-state index contributed by atoms with van der Waals surface area (Å²) in [4.78, 5) is 16.1. The van der Waals surface area contributed by atoms with Crippen LogP contribution in [0.2, 0.25) is 0 Å². The summed E-state index contributed by atoms with van der Waals surface area (Å²) in [6, 6.07) is 15.7. The summed E-state index contributed by atoms with van der Waals surface area (Å²) in [7, 11) is 0. The maximum absolute atomic E-state index is 11.3. The number of amides is 1. The van der Waals surface area contributed by atoms with Gasteiger partial charge in [0.05, 0.1) is 11.2 Å². The van der Waals surface area contributed by atoms with E-state index in [1.54, 1.807) is 11.6 Å². The number of para-hydroxylation sites is 1. The number of nitrogens with zero attached hydrogens (tertiary/aromatic N) is 3. The van der Waals surface area contributed by atoms with Gasteiger partial charge in [-0.05, 0) is 42.4 Å². The van der Waals surface area contributed by atoms with Crippen LogP contribution in [0, 0.1) is 0 Å². The molecule has 174 valence electrons. The molecule has 0 bridgehead atoms. The van der Waals surface area contributed by atoms with Crippen LogP contribution in [-0.2, 0) is 4.79 Å². The standard InChI is InChI=1S/C23H24N6O2.2ClH/c1-2-24-12-13-25-23-22-19(15-29(27-22)17-6-4-3-5-7-17)18-14-16(8-10-20(18)26-23)9-11-21(30)28-31;;/h3-11,14-15,24,31H,2,12-13H2,1H3,(H,25,26)(H,28,30);2*1H/b11-9+;;. The molecule has 0 aliphatic heterocycles. The molecule has 2 heterocycles. The first kappa shape index (κ1) is 26.1. The van der Waals surface area contributed by atoms with Gasteiger partial charge >= 0.3 is 0 Å². The molecule has 4 rings (SSSR count). The van der Waals surface area contributed by atoms with Crippen LogP contribution in [0.25, 0.3) is 33.6 Å². The zero-order valence-corrected chi connectivity index (χ0v) is 19.6. The molecule has 33 heavy (non-hydrogen) atoms. The Balaban J connectivity index is 0.00000193. The average molecular weight is 489 g/mol. The molecular weight excluding hydrogens is 463 g/mol. The number of fused-ring (bicyclic) bond motifs is 3. The Bertz CT molecular complexity index is 1240. The second-order valence-electron chi connectivity index (χ2n) is 7.00. The number of benzene rings is 2. The number of carbonyl (C=O) groups is 1. The minimum Gasteiger partial charge on any atom is -0.367 e. The minimum absolute atomic E-state index is 0. The SMILES string of the molecule is CCNCCNc1nc2ccc(/C=C/C(=O)NO)cc2c2cn(-c3ccccc3)nc12.Cl.Cl. The van der Waals surface area contributed by atoms with E-state index in [-0.39, 0.29) is 24.8 Å². The van der Waals surface area contributed by atoms with E-state index in [0.717, 1.165) is 58.5 Å². The van der Waals surface area contributed by atoms with Gasteiger partial charge in [-0.2, -0.15) is 5.10 Å². The van der Waals surface area contributed by atoms with Gasteiger partial charge in [0.15, 0.2) is 5.82 Å². The number of hydrogen-bond acceptors (Lipinski definition) is 6. The molecule has 0 saturated heterocycles. The number of likely N-dealkylation sites (N-methyl/N-ethyl adjacent to an activating group) is 1. The lowest BCUT2D eigenvalue weighted by Gasteiger charge is -2.09. The molecule has 0 saturated carbocycles. The van der Waals surface area contributed by atoms with E-state index in [0.29, 0.717) is 0 Å². The van der Waals surface area contributed by atoms with Crippen LogP contribution in [0.3, 0.4) is 0 Å². The topological polar surface area (TPSA) is 104 Å². The number of carbonyl (C=O) groups excluding carboxylic acids is 1.